The van der Waals surface area contributed by atoms with Crippen LogP contribution in [0.3, 0.4) is 0 Å². The summed E-state index contributed by atoms with van der Waals surface area (Å²) in [5, 5.41) is 3.00. The van der Waals surface area contributed by atoms with Gasteiger partial charge in [-0.15, -0.1) is 0 Å². The van der Waals surface area contributed by atoms with Crippen molar-refractivity contribution in [2.75, 3.05) is 36.5 Å². The van der Waals surface area contributed by atoms with Crippen LogP contribution in [0, 0.1) is 6.92 Å². The number of aryl methyl sites for hydroxylation is 1. The summed E-state index contributed by atoms with van der Waals surface area (Å²) in [6, 6.07) is 3.95. The molecule has 0 unspecified atom stereocenters. The molecular weight excluding hydrogens is 292 g/mol. The van der Waals surface area contributed by atoms with Gasteiger partial charge in [-0.25, -0.2) is 9.78 Å². The zero-order valence-electron chi connectivity index (χ0n) is 14.2. The van der Waals surface area contributed by atoms with Gasteiger partial charge in [0, 0.05) is 19.6 Å². The van der Waals surface area contributed by atoms with Crippen LogP contribution in [-0.2, 0) is 4.74 Å². The molecule has 2 fully saturated rings. The van der Waals surface area contributed by atoms with E-state index in [4.69, 9.17) is 4.74 Å². The smallest absolute Gasteiger partial charge is 0.322 e. The Balaban J connectivity index is 1.68. The third kappa shape index (κ3) is 3.42. The number of aromatic nitrogens is 1. The van der Waals surface area contributed by atoms with E-state index < -0.39 is 0 Å². The third-order valence-electron chi connectivity index (χ3n) is 4.89. The van der Waals surface area contributed by atoms with Crippen LogP contribution in [0.25, 0.3) is 0 Å². The lowest BCUT2D eigenvalue weighted by Crippen LogP contribution is -2.52. The van der Waals surface area contributed by atoms with Gasteiger partial charge in [-0.1, -0.05) is 0 Å². The molecule has 3 heterocycles. The van der Waals surface area contributed by atoms with E-state index >= 15 is 0 Å². The van der Waals surface area contributed by atoms with Crippen LogP contribution in [0.15, 0.2) is 12.1 Å². The minimum atomic E-state index is -0.0773. The first-order valence-corrected chi connectivity index (χ1v) is 8.48. The lowest BCUT2D eigenvalue weighted by atomic mass is 10.1. The van der Waals surface area contributed by atoms with E-state index in [9.17, 15) is 4.79 Å². The van der Waals surface area contributed by atoms with E-state index in [1.165, 1.54) is 12.8 Å². The number of nitrogens with zero attached hydrogens (tertiary/aromatic N) is 3. The van der Waals surface area contributed by atoms with Gasteiger partial charge in [-0.3, -0.25) is 0 Å². The van der Waals surface area contributed by atoms with Gasteiger partial charge < -0.3 is 19.9 Å². The molecule has 0 radical (unpaired) electrons. The summed E-state index contributed by atoms with van der Waals surface area (Å²) in [5.41, 5.74) is 1.64. The number of hydrogen-bond donors (Lipinski definition) is 1. The van der Waals surface area contributed by atoms with Crippen LogP contribution < -0.4 is 10.2 Å². The Morgan fingerprint density at radius 2 is 2.00 bits per heavy atom. The fraction of sp³-hybridized carbons (Fsp3) is 0.647. The highest BCUT2D eigenvalue weighted by atomic mass is 16.5. The summed E-state index contributed by atoms with van der Waals surface area (Å²) in [6.45, 7) is 9.32. The van der Waals surface area contributed by atoms with Crippen molar-refractivity contribution in [1.29, 1.82) is 0 Å². The highest BCUT2D eigenvalue weighted by molar-refractivity contribution is 5.90. The molecule has 2 saturated heterocycles. The zero-order valence-corrected chi connectivity index (χ0v) is 14.2. The highest BCUT2D eigenvalue weighted by Gasteiger charge is 2.29. The molecule has 1 aromatic heterocycles. The number of ether oxygens (including phenoxy) is 1. The molecule has 6 nitrogen and oxygen atoms in total. The van der Waals surface area contributed by atoms with Gasteiger partial charge in [0.15, 0.2) is 0 Å². The molecule has 0 bridgehead atoms. The van der Waals surface area contributed by atoms with Gasteiger partial charge in [-0.05, 0) is 45.7 Å². The number of urea groups is 1. The minimum absolute atomic E-state index is 0.0614. The predicted octanol–water partition coefficient (Wildman–Crippen LogP) is 2.63. The summed E-state index contributed by atoms with van der Waals surface area (Å²) in [5.74, 6) is 1.01. The number of anilines is 2. The van der Waals surface area contributed by atoms with E-state index in [-0.39, 0.29) is 18.2 Å². The maximum atomic E-state index is 12.5. The SMILES string of the molecule is Cc1nc(N2CCCC2)ccc1NC(=O)N1CCO[C@H](C)[C@@H]1C. The number of morpholine rings is 1. The summed E-state index contributed by atoms with van der Waals surface area (Å²) >= 11 is 0. The number of pyridine rings is 1. The van der Waals surface area contributed by atoms with Crippen LogP contribution in [0.5, 0.6) is 0 Å². The van der Waals surface area contributed by atoms with Crippen molar-refractivity contribution >= 4 is 17.5 Å². The van der Waals surface area contributed by atoms with Crippen molar-refractivity contribution < 1.29 is 9.53 Å². The Morgan fingerprint density at radius 1 is 1.26 bits per heavy atom. The molecule has 2 atom stereocenters. The first-order chi connectivity index (χ1) is 11.1. The summed E-state index contributed by atoms with van der Waals surface area (Å²) in [4.78, 5) is 21.3. The van der Waals surface area contributed by atoms with Crippen LogP contribution >= 0.6 is 0 Å². The number of rotatable bonds is 2. The molecule has 0 aromatic carbocycles. The van der Waals surface area contributed by atoms with E-state index in [1.54, 1.807) is 0 Å². The van der Waals surface area contributed by atoms with Crippen molar-refractivity contribution in [3.8, 4) is 0 Å². The molecule has 0 saturated carbocycles. The Morgan fingerprint density at radius 3 is 2.70 bits per heavy atom. The number of amides is 2. The van der Waals surface area contributed by atoms with E-state index in [0.29, 0.717) is 13.2 Å². The predicted molar refractivity (Wildman–Crippen MR) is 91.0 cm³/mol. The van der Waals surface area contributed by atoms with Crippen LogP contribution in [-0.4, -0.2) is 54.3 Å². The Labute approximate surface area is 137 Å². The Bertz CT molecular complexity index is 572. The average molecular weight is 318 g/mol. The van der Waals surface area contributed by atoms with Crippen molar-refractivity contribution in [1.82, 2.24) is 9.88 Å². The third-order valence-corrected chi connectivity index (χ3v) is 4.89. The normalized spacial score (nSPS) is 24.8. The first kappa shape index (κ1) is 16.1. The van der Waals surface area contributed by atoms with Crippen LogP contribution in [0.1, 0.15) is 32.4 Å². The number of carbonyl (C=O) groups is 1. The quantitative estimate of drug-likeness (QED) is 0.911. The maximum Gasteiger partial charge on any atom is 0.322 e. The van der Waals surface area contributed by atoms with E-state index in [0.717, 1.165) is 30.3 Å². The van der Waals surface area contributed by atoms with Gasteiger partial charge in [-0.2, -0.15) is 0 Å². The van der Waals surface area contributed by atoms with Crippen molar-refractivity contribution in [3.05, 3.63) is 17.8 Å². The van der Waals surface area contributed by atoms with E-state index in [2.05, 4.69) is 15.2 Å². The lowest BCUT2D eigenvalue weighted by molar-refractivity contribution is -0.0355. The molecule has 0 aliphatic carbocycles. The van der Waals surface area contributed by atoms with Crippen LogP contribution in [0.4, 0.5) is 16.3 Å². The second-order valence-electron chi connectivity index (χ2n) is 6.44. The van der Waals surface area contributed by atoms with Crippen LogP contribution in [0.2, 0.25) is 0 Å². The van der Waals surface area contributed by atoms with Gasteiger partial charge in [0.05, 0.1) is 30.1 Å². The lowest BCUT2D eigenvalue weighted by Gasteiger charge is -2.37. The van der Waals surface area contributed by atoms with Gasteiger partial charge in [0.25, 0.3) is 0 Å². The molecule has 1 N–H and O–H groups in total. The molecule has 2 aliphatic heterocycles. The second kappa shape index (κ2) is 6.74. The Kier molecular flexibility index (Phi) is 4.71. The Hall–Kier alpha value is -1.82. The average Bonchev–Trinajstić information content (AvgIpc) is 3.06. The molecule has 0 spiro atoms. The largest absolute Gasteiger partial charge is 0.375 e. The second-order valence-corrected chi connectivity index (χ2v) is 6.44. The summed E-state index contributed by atoms with van der Waals surface area (Å²) < 4.78 is 5.58. The first-order valence-electron chi connectivity index (χ1n) is 8.48. The zero-order chi connectivity index (χ0) is 16.4. The standard InChI is InChI=1S/C17H26N4O2/c1-12-15(6-7-16(18-12)20-8-4-5-9-20)19-17(22)21-10-11-23-14(3)13(21)2/h6-7,13-14H,4-5,8-11H2,1-3H3,(H,19,22)/t13-,14+/m0/s1. The number of hydrogen-bond acceptors (Lipinski definition) is 4. The molecule has 3 rings (SSSR count). The molecular formula is C17H26N4O2. The molecule has 126 valence electrons. The monoisotopic (exact) mass is 318 g/mol. The molecule has 2 aliphatic rings. The number of carbonyl (C=O) groups excluding carboxylic acids is 1. The molecule has 23 heavy (non-hydrogen) atoms. The summed E-state index contributed by atoms with van der Waals surface area (Å²) in [7, 11) is 0. The highest BCUT2D eigenvalue weighted by Crippen LogP contribution is 2.23. The fourth-order valence-corrected chi connectivity index (χ4v) is 3.21. The fourth-order valence-electron chi connectivity index (χ4n) is 3.21. The van der Waals surface area contributed by atoms with Gasteiger partial charge in [0.1, 0.15) is 5.82 Å². The minimum Gasteiger partial charge on any atom is -0.375 e. The maximum absolute atomic E-state index is 12.5. The summed E-state index contributed by atoms with van der Waals surface area (Å²) in [6.07, 6.45) is 2.52. The van der Waals surface area contributed by atoms with Crippen molar-refractivity contribution in [2.45, 2.75) is 45.8 Å². The van der Waals surface area contributed by atoms with E-state index in [1.807, 2.05) is 37.8 Å². The van der Waals surface area contributed by atoms with Crippen molar-refractivity contribution in [3.63, 3.8) is 0 Å². The topological polar surface area (TPSA) is 57.7 Å². The molecule has 6 heteroatoms. The molecule has 1 aromatic rings. The number of nitrogens with one attached hydrogen (secondary N) is 1. The molecule has 2 amide bonds. The van der Waals surface area contributed by atoms with Crippen molar-refractivity contribution in [2.24, 2.45) is 0 Å². The van der Waals surface area contributed by atoms with Gasteiger partial charge in [0.2, 0.25) is 0 Å². The van der Waals surface area contributed by atoms with Gasteiger partial charge >= 0.3 is 6.03 Å².